The van der Waals surface area contributed by atoms with E-state index in [1.165, 1.54) is 12.8 Å². The molecule has 1 aromatic rings. The Hall–Kier alpha value is -1.02. The molecule has 1 aromatic carbocycles. The molecule has 0 heterocycles. The summed E-state index contributed by atoms with van der Waals surface area (Å²) in [4.78, 5) is 0. The van der Waals surface area contributed by atoms with E-state index < -0.39 is 5.60 Å². The predicted molar refractivity (Wildman–Crippen MR) is 73.8 cm³/mol. The Morgan fingerprint density at radius 2 is 2.17 bits per heavy atom. The lowest BCUT2D eigenvalue weighted by Crippen LogP contribution is -2.24. The van der Waals surface area contributed by atoms with Gasteiger partial charge in [0.05, 0.1) is 12.7 Å². The highest BCUT2D eigenvalue weighted by atomic mass is 16.5. The summed E-state index contributed by atoms with van der Waals surface area (Å²) in [5, 5.41) is 10.9. The third-order valence-corrected chi connectivity index (χ3v) is 4.35. The van der Waals surface area contributed by atoms with Gasteiger partial charge >= 0.3 is 0 Å². The Morgan fingerprint density at radius 1 is 1.33 bits per heavy atom. The summed E-state index contributed by atoms with van der Waals surface area (Å²) in [6, 6.07) is 7.90. The topological polar surface area (TPSA) is 29.5 Å². The molecule has 1 N–H and O–H groups in total. The second kappa shape index (κ2) is 5.75. The highest BCUT2D eigenvalue weighted by Crippen LogP contribution is 2.39. The fourth-order valence-electron chi connectivity index (χ4n) is 3.00. The zero-order valence-electron chi connectivity index (χ0n) is 11.5. The van der Waals surface area contributed by atoms with Crippen molar-refractivity contribution in [2.24, 2.45) is 5.92 Å². The maximum atomic E-state index is 10.9. The van der Waals surface area contributed by atoms with Crippen molar-refractivity contribution >= 4 is 0 Å². The van der Waals surface area contributed by atoms with Gasteiger partial charge in [0.25, 0.3) is 0 Å². The molecule has 2 heteroatoms. The first-order chi connectivity index (χ1) is 8.68. The van der Waals surface area contributed by atoms with E-state index in [0.29, 0.717) is 0 Å². The lowest BCUT2D eigenvalue weighted by molar-refractivity contribution is 0.0194. The Balaban J connectivity index is 2.18. The minimum Gasteiger partial charge on any atom is -0.497 e. The van der Waals surface area contributed by atoms with E-state index in [1.54, 1.807) is 7.11 Å². The first kappa shape index (κ1) is 13.4. The summed E-state index contributed by atoms with van der Waals surface area (Å²) in [5.74, 6) is 1.61. The first-order valence-electron chi connectivity index (χ1n) is 7.05. The van der Waals surface area contributed by atoms with Crippen molar-refractivity contribution in [2.45, 2.75) is 51.0 Å². The lowest BCUT2D eigenvalue weighted by Gasteiger charge is -2.27. The van der Waals surface area contributed by atoms with Crippen LogP contribution in [0, 0.1) is 5.92 Å². The fraction of sp³-hybridized carbons (Fsp3) is 0.625. The Bertz CT molecular complexity index is 388. The molecule has 0 spiro atoms. The summed E-state index contributed by atoms with van der Waals surface area (Å²) >= 11 is 0. The quantitative estimate of drug-likeness (QED) is 0.823. The highest BCUT2D eigenvalue weighted by Gasteiger charge is 2.32. The molecule has 0 radical (unpaired) electrons. The molecule has 0 saturated heterocycles. The van der Waals surface area contributed by atoms with Crippen LogP contribution in [0.5, 0.6) is 5.75 Å². The van der Waals surface area contributed by atoms with Crippen LogP contribution in [0.4, 0.5) is 0 Å². The maximum absolute atomic E-state index is 10.9. The summed E-state index contributed by atoms with van der Waals surface area (Å²) in [5.41, 5.74) is 0.358. The smallest absolute Gasteiger partial charge is 0.119 e. The van der Waals surface area contributed by atoms with Crippen molar-refractivity contribution in [2.75, 3.05) is 7.11 Å². The van der Waals surface area contributed by atoms with E-state index in [-0.39, 0.29) is 0 Å². The molecular weight excluding hydrogens is 224 g/mol. The minimum atomic E-state index is -0.654. The van der Waals surface area contributed by atoms with E-state index in [1.807, 2.05) is 24.3 Å². The van der Waals surface area contributed by atoms with Crippen LogP contribution in [0.15, 0.2) is 24.3 Å². The van der Waals surface area contributed by atoms with Gasteiger partial charge < -0.3 is 9.84 Å². The molecule has 0 amide bonds. The zero-order valence-corrected chi connectivity index (χ0v) is 11.5. The van der Waals surface area contributed by atoms with Crippen molar-refractivity contribution in [1.82, 2.24) is 0 Å². The molecular formula is C16H24O2. The molecule has 1 fully saturated rings. The fourth-order valence-corrected chi connectivity index (χ4v) is 3.00. The van der Waals surface area contributed by atoms with Crippen molar-refractivity contribution < 1.29 is 9.84 Å². The number of ether oxygens (including phenoxy) is 1. The average Bonchev–Trinajstić information content (AvgIpc) is 2.61. The van der Waals surface area contributed by atoms with Crippen LogP contribution >= 0.6 is 0 Å². The number of benzene rings is 1. The molecule has 0 aliphatic heterocycles. The van der Waals surface area contributed by atoms with Gasteiger partial charge in [-0.25, -0.2) is 0 Å². The van der Waals surface area contributed by atoms with Crippen LogP contribution in [-0.4, -0.2) is 12.2 Å². The Kier molecular flexibility index (Phi) is 4.28. The van der Waals surface area contributed by atoms with Gasteiger partial charge in [0, 0.05) is 0 Å². The minimum absolute atomic E-state index is 0.654. The van der Waals surface area contributed by atoms with Crippen LogP contribution < -0.4 is 4.74 Å². The molecule has 2 rings (SSSR count). The molecule has 0 bridgehead atoms. The largest absolute Gasteiger partial charge is 0.497 e. The van der Waals surface area contributed by atoms with Gasteiger partial charge in [-0.1, -0.05) is 31.9 Å². The van der Waals surface area contributed by atoms with Gasteiger partial charge in [-0.3, -0.25) is 0 Å². The number of aliphatic hydroxyl groups is 1. The number of hydrogen-bond donors (Lipinski definition) is 1. The Morgan fingerprint density at radius 3 is 2.89 bits per heavy atom. The van der Waals surface area contributed by atoms with Gasteiger partial charge in [0.2, 0.25) is 0 Å². The SMILES string of the molecule is CCC1CCCC(O)(c2cccc(OC)c2)CC1. The van der Waals surface area contributed by atoms with Crippen LogP contribution in [0.1, 0.15) is 51.0 Å². The second-order valence-electron chi connectivity index (χ2n) is 5.47. The third kappa shape index (κ3) is 2.86. The van der Waals surface area contributed by atoms with E-state index in [2.05, 4.69) is 6.92 Å². The van der Waals surface area contributed by atoms with Crippen molar-refractivity contribution in [3.63, 3.8) is 0 Å². The van der Waals surface area contributed by atoms with Crippen molar-refractivity contribution in [1.29, 1.82) is 0 Å². The molecule has 1 aliphatic carbocycles. The molecule has 18 heavy (non-hydrogen) atoms. The second-order valence-corrected chi connectivity index (χ2v) is 5.47. The van der Waals surface area contributed by atoms with Crippen LogP contribution in [0.2, 0.25) is 0 Å². The van der Waals surface area contributed by atoms with Gasteiger partial charge in [-0.2, -0.15) is 0 Å². The van der Waals surface area contributed by atoms with Crippen molar-refractivity contribution in [3.8, 4) is 5.75 Å². The van der Waals surface area contributed by atoms with Crippen molar-refractivity contribution in [3.05, 3.63) is 29.8 Å². The standard InChI is InChI=1S/C16H24O2/c1-3-13-6-5-10-16(17,11-9-13)14-7-4-8-15(12-14)18-2/h4,7-8,12-13,17H,3,5-6,9-11H2,1-2H3. The predicted octanol–water partition coefficient (Wildman–Crippen LogP) is 3.87. The summed E-state index contributed by atoms with van der Waals surface area (Å²) in [6.07, 6.45) is 6.47. The first-order valence-corrected chi connectivity index (χ1v) is 7.05. The zero-order chi connectivity index (χ0) is 13.0. The highest BCUT2D eigenvalue weighted by molar-refractivity contribution is 5.32. The normalized spacial score (nSPS) is 28.7. The van der Waals surface area contributed by atoms with E-state index in [0.717, 1.165) is 42.9 Å². The average molecular weight is 248 g/mol. The molecule has 2 unspecified atom stereocenters. The maximum Gasteiger partial charge on any atom is 0.119 e. The summed E-state index contributed by atoms with van der Waals surface area (Å²) in [7, 11) is 1.67. The monoisotopic (exact) mass is 248 g/mol. The van der Waals surface area contributed by atoms with Crippen LogP contribution in [0.25, 0.3) is 0 Å². The van der Waals surface area contributed by atoms with Gasteiger partial charge in [0.15, 0.2) is 0 Å². The molecule has 1 saturated carbocycles. The summed E-state index contributed by atoms with van der Waals surface area (Å²) in [6.45, 7) is 2.25. The van der Waals surface area contributed by atoms with Gasteiger partial charge in [-0.15, -0.1) is 0 Å². The Labute approximate surface area is 110 Å². The third-order valence-electron chi connectivity index (χ3n) is 4.35. The van der Waals surface area contributed by atoms with E-state index in [4.69, 9.17) is 4.74 Å². The molecule has 100 valence electrons. The number of methoxy groups -OCH3 is 1. The van der Waals surface area contributed by atoms with Gasteiger partial charge in [-0.05, 0) is 49.3 Å². The van der Waals surface area contributed by atoms with E-state index in [9.17, 15) is 5.11 Å². The molecule has 2 atom stereocenters. The van der Waals surface area contributed by atoms with Crippen LogP contribution in [0.3, 0.4) is 0 Å². The van der Waals surface area contributed by atoms with Gasteiger partial charge in [0.1, 0.15) is 5.75 Å². The summed E-state index contributed by atoms with van der Waals surface area (Å²) < 4.78 is 5.25. The lowest BCUT2D eigenvalue weighted by atomic mass is 9.86. The molecule has 2 nitrogen and oxygen atoms in total. The molecule has 1 aliphatic rings. The number of rotatable bonds is 3. The van der Waals surface area contributed by atoms with E-state index >= 15 is 0 Å². The molecule has 0 aromatic heterocycles. The van der Waals surface area contributed by atoms with Crippen LogP contribution in [-0.2, 0) is 5.60 Å². The number of hydrogen-bond acceptors (Lipinski definition) is 2.